The third-order valence-electron chi connectivity index (χ3n) is 3.42. The predicted molar refractivity (Wildman–Crippen MR) is 76.2 cm³/mol. The Morgan fingerprint density at radius 1 is 1.00 bits per heavy atom. The van der Waals surface area contributed by atoms with E-state index in [9.17, 15) is 4.79 Å². The van der Waals surface area contributed by atoms with Crippen LogP contribution in [0.3, 0.4) is 0 Å². The standard InChI is InChI=1S/C16H16N2O/c19-16-17-12-14-8-4-5-9-15(14)18(16)11-10-13-6-2-1-3-7-13/h1-9H,10-12H2,(H,17,19). The van der Waals surface area contributed by atoms with E-state index < -0.39 is 0 Å². The average Bonchev–Trinajstić information content (AvgIpc) is 2.47. The van der Waals surface area contributed by atoms with E-state index in [4.69, 9.17) is 0 Å². The Morgan fingerprint density at radius 3 is 2.58 bits per heavy atom. The second kappa shape index (κ2) is 5.14. The van der Waals surface area contributed by atoms with E-state index in [2.05, 4.69) is 23.5 Å². The number of fused-ring (bicyclic) bond motifs is 1. The van der Waals surface area contributed by atoms with Gasteiger partial charge in [0.25, 0.3) is 0 Å². The van der Waals surface area contributed by atoms with Crippen LogP contribution in [0.2, 0.25) is 0 Å². The van der Waals surface area contributed by atoms with Gasteiger partial charge in [-0.1, -0.05) is 48.5 Å². The van der Waals surface area contributed by atoms with Crippen molar-refractivity contribution in [3.8, 4) is 0 Å². The zero-order valence-corrected chi connectivity index (χ0v) is 10.7. The first kappa shape index (κ1) is 11.8. The smallest absolute Gasteiger partial charge is 0.322 e. The lowest BCUT2D eigenvalue weighted by atomic mass is 10.1. The molecule has 1 heterocycles. The van der Waals surface area contributed by atoms with Crippen molar-refractivity contribution in [1.29, 1.82) is 0 Å². The number of amides is 2. The fraction of sp³-hybridized carbons (Fsp3) is 0.188. The van der Waals surface area contributed by atoms with E-state index in [-0.39, 0.29) is 6.03 Å². The van der Waals surface area contributed by atoms with E-state index in [1.54, 1.807) is 0 Å². The first-order chi connectivity index (χ1) is 9.34. The van der Waals surface area contributed by atoms with Gasteiger partial charge in [0.1, 0.15) is 0 Å². The lowest BCUT2D eigenvalue weighted by Crippen LogP contribution is -2.45. The summed E-state index contributed by atoms with van der Waals surface area (Å²) in [5.74, 6) is 0. The van der Waals surface area contributed by atoms with Gasteiger partial charge in [-0.2, -0.15) is 0 Å². The third-order valence-corrected chi connectivity index (χ3v) is 3.42. The highest BCUT2D eigenvalue weighted by Crippen LogP contribution is 2.24. The maximum atomic E-state index is 12.0. The van der Waals surface area contributed by atoms with Crippen LogP contribution >= 0.6 is 0 Å². The summed E-state index contributed by atoms with van der Waals surface area (Å²) >= 11 is 0. The van der Waals surface area contributed by atoms with Crippen molar-refractivity contribution in [1.82, 2.24) is 5.32 Å². The molecule has 0 aromatic heterocycles. The summed E-state index contributed by atoms with van der Waals surface area (Å²) in [5.41, 5.74) is 3.45. The quantitative estimate of drug-likeness (QED) is 0.895. The number of nitrogens with zero attached hydrogens (tertiary/aromatic N) is 1. The molecule has 0 saturated carbocycles. The molecule has 3 rings (SSSR count). The topological polar surface area (TPSA) is 32.3 Å². The van der Waals surface area contributed by atoms with Gasteiger partial charge in [-0.15, -0.1) is 0 Å². The molecule has 2 aromatic rings. The number of nitrogens with one attached hydrogen (secondary N) is 1. The first-order valence-electron chi connectivity index (χ1n) is 6.52. The maximum absolute atomic E-state index is 12.0. The van der Waals surface area contributed by atoms with Crippen LogP contribution in [0.4, 0.5) is 10.5 Å². The normalized spacial score (nSPS) is 13.9. The van der Waals surface area contributed by atoms with Crippen molar-refractivity contribution in [3.63, 3.8) is 0 Å². The maximum Gasteiger partial charge on any atom is 0.322 e. The largest absolute Gasteiger partial charge is 0.334 e. The third kappa shape index (κ3) is 2.45. The summed E-state index contributed by atoms with van der Waals surface area (Å²) in [6.07, 6.45) is 0.864. The number of hydrogen-bond donors (Lipinski definition) is 1. The summed E-state index contributed by atoms with van der Waals surface area (Å²) in [7, 11) is 0. The van der Waals surface area contributed by atoms with Crippen molar-refractivity contribution >= 4 is 11.7 Å². The molecule has 0 spiro atoms. The van der Waals surface area contributed by atoms with Gasteiger partial charge >= 0.3 is 6.03 Å². The van der Waals surface area contributed by atoms with Gasteiger partial charge in [-0.25, -0.2) is 4.79 Å². The number of benzene rings is 2. The summed E-state index contributed by atoms with van der Waals surface area (Å²) in [6.45, 7) is 1.32. The number of para-hydroxylation sites is 1. The zero-order chi connectivity index (χ0) is 13.1. The molecule has 2 amide bonds. The van der Waals surface area contributed by atoms with Gasteiger partial charge in [0.2, 0.25) is 0 Å². The van der Waals surface area contributed by atoms with Crippen LogP contribution in [-0.4, -0.2) is 12.6 Å². The van der Waals surface area contributed by atoms with Crippen molar-refractivity contribution in [2.75, 3.05) is 11.4 Å². The van der Waals surface area contributed by atoms with Crippen molar-refractivity contribution in [2.24, 2.45) is 0 Å². The van der Waals surface area contributed by atoms with Gasteiger partial charge in [0, 0.05) is 13.1 Å². The Morgan fingerprint density at radius 2 is 1.74 bits per heavy atom. The SMILES string of the molecule is O=C1NCc2ccccc2N1CCc1ccccc1. The van der Waals surface area contributed by atoms with E-state index in [0.29, 0.717) is 13.1 Å². The Labute approximate surface area is 112 Å². The molecule has 0 saturated heterocycles. The lowest BCUT2D eigenvalue weighted by Gasteiger charge is -2.30. The number of rotatable bonds is 3. The molecular weight excluding hydrogens is 236 g/mol. The van der Waals surface area contributed by atoms with Crippen molar-refractivity contribution in [2.45, 2.75) is 13.0 Å². The van der Waals surface area contributed by atoms with E-state index in [1.165, 1.54) is 11.1 Å². The number of urea groups is 1. The van der Waals surface area contributed by atoms with Crippen LogP contribution in [0.25, 0.3) is 0 Å². The minimum absolute atomic E-state index is 0.00497. The molecule has 1 N–H and O–H groups in total. The summed E-state index contributed by atoms with van der Waals surface area (Å²) in [4.78, 5) is 13.8. The highest BCUT2D eigenvalue weighted by atomic mass is 16.2. The second-order valence-electron chi connectivity index (χ2n) is 4.67. The van der Waals surface area contributed by atoms with Gasteiger partial charge in [-0.05, 0) is 23.6 Å². The molecule has 0 aliphatic carbocycles. The molecule has 96 valence electrons. The van der Waals surface area contributed by atoms with Crippen molar-refractivity contribution in [3.05, 3.63) is 65.7 Å². The van der Waals surface area contributed by atoms with Crippen molar-refractivity contribution < 1.29 is 4.79 Å². The lowest BCUT2D eigenvalue weighted by molar-refractivity contribution is 0.244. The summed E-state index contributed by atoms with van der Waals surface area (Å²) < 4.78 is 0. The van der Waals surface area contributed by atoms with Crippen LogP contribution in [0, 0.1) is 0 Å². The van der Waals surface area contributed by atoms with E-state index in [1.807, 2.05) is 41.3 Å². The molecule has 2 aromatic carbocycles. The van der Waals surface area contributed by atoms with E-state index >= 15 is 0 Å². The summed E-state index contributed by atoms with van der Waals surface area (Å²) in [6, 6.07) is 18.3. The Bertz CT molecular complexity index is 580. The van der Waals surface area contributed by atoms with Crippen LogP contribution in [0.15, 0.2) is 54.6 Å². The Hall–Kier alpha value is -2.29. The highest BCUT2D eigenvalue weighted by Gasteiger charge is 2.22. The van der Waals surface area contributed by atoms with Crippen LogP contribution < -0.4 is 10.2 Å². The van der Waals surface area contributed by atoms with Gasteiger partial charge in [0.15, 0.2) is 0 Å². The monoisotopic (exact) mass is 252 g/mol. The van der Waals surface area contributed by atoms with Crippen LogP contribution in [-0.2, 0) is 13.0 Å². The second-order valence-corrected chi connectivity index (χ2v) is 4.67. The Kier molecular flexibility index (Phi) is 3.19. The molecular formula is C16H16N2O. The molecule has 3 heteroatoms. The van der Waals surface area contributed by atoms with Gasteiger partial charge in [0.05, 0.1) is 5.69 Å². The Balaban J connectivity index is 1.79. The summed E-state index contributed by atoms with van der Waals surface area (Å²) in [5, 5.41) is 2.91. The minimum atomic E-state index is -0.00497. The minimum Gasteiger partial charge on any atom is -0.334 e. The van der Waals surface area contributed by atoms with Gasteiger partial charge in [-0.3, -0.25) is 4.90 Å². The molecule has 0 atom stereocenters. The number of anilines is 1. The fourth-order valence-electron chi connectivity index (χ4n) is 2.41. The molecule has 0 radical (unpaired) electrons. The van der Waals surface area contributed by atoms with Crippen LogP contribution in [0.1, 0.15) is 11.1 Å². The molecule has 1 aliphatic heterocycles. The molecule has 1 aliphatic rings. The molecule has 0 fully saturated rings. The number of carbonyl (C=O) groups is 1. The predicted octanol–water partition coefficient (Wildman–Crippen LogP) is 2.96. The molecule has 0 unspecified atom stereocenters. The zero-order valence-electron chi connectivity index (χ0n) is 10.7. The fourth-order valence-corrected chi connectivity index (χ4v) is 2.41. The van der Waals surface area contributed by atoms with E-state index in [0.717, 1.165) is 12.1 Å². The number of hydrogen-bond acceptors (Lipinski definition) is 1. The molecule has 3 nitrogen and oxygen atoms in total. The highest BCUT2D eigenvalue weighted by molar-refractivity contribution is 5.94. The van der Waals surface area contributed by atoms with Gasteiger partial charge < -0.3 is 5.32 Å². The number of carbonyl (C=O) groups excluding carboxylic acids is 1. The molecule has 0 bridgehead atoms. The molecule has 19 heavy (non-hydrogen) atoms. The first-order valence-corrected chi connectivity index (χ1v) is 6.52. The van der Waals surface area contributed by atoms with Crippen LogP contribution in [0.5, 0.6) is 0 Å². The average molecular weight is 252 g/mol.